The summed E-state index contributed by atoms with van der Waals surface area (Å²) >= 11 is 2.27. The van der Waals surface area contributed by atoms with Crippen LogP contribution in [0.25, 0.3) is 0 Å². The molecule has 1 rings (SSSR count). The van der Waals surface area contributed by atoms with Crippen molar-refractivity contribution in [3.63, 3.8) is 0 Å². The van der Waals surface area contributed by atoms with Crippen molar-refractivity contribution in [3.8, 4) is 0 Å². The Balaban J connectivity index is 2.26. The highest BCUT2D eigenvalue weighted by molar-refractivity contribution is 14.1. The van der Waals surface area contributed by atoms with Gasteiger partial charge in [-0.25, -0.2) is 0 Å². The molecule has 0 aliphatic carbocycles. The summed E-state index contributed by atoms with van der Waals surface area (Å²) in [6.07, 6.45) is 4.32. The molecule has 0 saturated carbocycles. The number of benzene rings is 1. The van der Waals surface area contributed by atoms with Gasteiger partial charge in [0.25, 0.3) is 0 Å². The van der Waals surface area contributed by atoms with Crippen LogP contribution in [0, 0.1) is 3.57 Å². The summed E-state index contributed by atoms with van der Waals surface area (Å²) in [4.78, 5) is 11.6. The molecule has 1 aromatic carbocycles. The van der Waals surface area contributed by atoms with Gasteiger partial charge < -0.3 is 5.73 Å². The Kier molecular flexibility index (Phi) is 6.64. The van der Waals surface area contributed by atoms with Crippen LogP contribution in [-0.4, -0.2) is 12.3 Å². The minimum absolute atomic E-state index is 0.332. The number of Topliss-reactive ketones (excluding diaryl/α,β-unsaturated/α-hetero) is 1. The number of halogens is 1. The minimum Gasteiger partial charge on any atom is -0.330 e. The number of hydrogen-bond acceptors (Lipinski definition) is 2. The van der Waals surface area contributed by atoms with E-state index in [1.807, 2.05) is 24.3 Å². The maximum Gasteiger partial charge on any atom is 0.137 e. The van der Waals surface area contributed by atoms with Crippen LogP contribution in [0.1, 0.15) is 31.2 Å². The fourth-order valence-electron chi connectivity index (χ4n) is 1.56. The van der Waals surface area contributed by atoms with E-state index < -0.39 is 0 Å². The lowest BCUT2D eigenvalue weighted by Crippen LogP contribution is -2.03. The first kappa shape index (κ1) is 13.6. The molecule has 0 amide bonds. The van der Waals surface area contributed by atoms with Crippen molar-refractivity contribution >= 4 is 28.4 Å². The van der Waals surface area contributed by atoms with Gasteiger partial charge >= 0.3 is 0 Å². The van der Waals surface area contributed by atoms with Crippen molar-refractivity contribution in [2.24, 2.45) is 5.73 Å². The number of rotatable bonds is 7. The zero-order chi connectivity index (χ0) is 11.8. The lowest BCUT2D eigenvalue weighted by Gasteiger charge is -2.01. The third-order valence-corrected chi connectivity index (χ3v) is 3.19. The average molecular weight is 331 g/mol. The minimum atomic E-state index is 0.332. The lowest BCUT2D eigenvalue weighted by atomic mass is 10.0. The monoisotopic (exact) mass is 331 g/mol. The number of nitrogens with two attached hydrogens (primary N) is 1. The highest BCUT2D eigenvalue weighted by atomic mass is 127. The maximum absolute atomic E-state index is 11.6. The molecule has 2 N–H and O–H groups in total. The molecule has 16 heavy (non-hydrogen) atoms. The standard InChI is InChI=1S/C13H18INO/c14-12-7-5-11(6-8-12)10-13(16)4-2-1-3-9-15/h5-8H,1-4,9-10,15H2. The van der Waals surface area contributed by atoms with Crippen LogP contribution in [0.5, 0.6) is 0 Å². The van der Waals surface area contributed by atoms with E-state index in [-0.39, 0.29) is 0 Å². The number of carbonyl (C=O) groups is 1. The van der Waals surface area contributed by atoms with E-state index in [0.29, 0.717) is 18.6 Å². The van der Waals surface area contributed by atoms with Gasteiger partial charge in [-0.05, 0) is 59.7 Å². The van der Waals surface area contributed by atoms with Gasteiger partial charge in [-0.3, -0.25) is 4.79 Å². The largest absolute Gasteiger partial charge is 0.330 e. The lowest BCUT2D eigenvalue weighted by molar-refractivity contribution is -0.118. The van der Waals surface area contributed by atoms with E-state index in [1.165, 1.54) is 3.57 Å². The fourth-order valence-corrected chi connectivity index (χ4v) is 1.92. The van der Waals surface area contributed by atoms with Crippen molar-refractivity contribution < 1.29 is 4.79 Å². The summed E-state index contributed by atoms with van der Waals surface area (Å²) in [5.41, 5.74) is 6.51. The van der Waals surface area contributed by atoms with E-state index in [4.69, 9.17) is 5.73 Å². The molecule has 0 atom stereocenters. The van der Waals surface area contributed by atoms with E-state index in [0.717, 1.165) is 31.4 Å². The molecule has 0 bridgehead atoms. The average Bonchev–Trinajstić information content (AvgIpc) is 2.28. The van der Waals surface area contributed by atoms with Crippen LogP contribution >= 0.6 is 22.6 Å². The van der Waals surface area contributed by atoms with E-state index in [2.05, 4.69) is 22.6 Å². The summed E-state index contributed by atoms with van der Waals surface area (Å²) < 4.78 is 1.21. The molecule has 0 aliphatic heterocycles. The molecule has 0 fully saturated rings. The van der Waals surface area contributed by atoms with Gasteiger partial charge in [0.1, 0.15) is 5.78 Å². The van der Waals surface area contributed by atoms with Crippen LogP contribution in [0.15, 0.2) is 24.3 Å². The van der Waals surface area contributed by atoms with Crippen molar-refractivity contribution in [2.75, 3.05) is 6.54 Å². The van der Waals surface area contributed by atoms with Crippen LogP contribution in [-0.2, 0) is 11.2 Å². The topological polar surface area (TPSA) is 43.1 Å². The van der Waals surface area contributed by atoms with Crippen molar-refractivity contribution in [3.05, 3.63) is 33.4 Å². The van der Waals surface area contributed by atoms with E-state index in [9.17, 15) is 4.79 Å². The van der Waals surface area contributed by atoms with Crippen molar-refractivity contribution in [2.45, 2.75) is 32.1 Å². The number of unbranched alkanes of at least 4 members (excludes halogenated alkanes) is 2. The summed E-state index contributed by atoms with van der Waals surface area (Å²) in [7, 11) is 0. The molecule has 3 heteroatoms. The predicted octanol–water partition coefficient (Wildman–Crippen LogP) is 2.92. The SMILES string of the molecule is NCCCCCC(=O)Cc1ccc(I)cc1. The van der Waals surface area contributed by atoms with Crippen LogP contribution in [0.3, 0.4) is 0 Å². The van der Waals surface area contributed by atoms with Gasteiger partial charge in [-0.1, -0.05) is 18.6 Å². The normalized spacial score (nSPS) is 10.4. The Labute approximate surface area is 111 Å². The quantitative estimate of drug-likeness (QED) is 0.617. The highest BCUT2D eigenvalue weighted by Crippen LogP contribution is 2.09. The molecular weight excluding hydrogens is 313 g/mol. The Morgan fingerprint density at radius 3 is 2.44 bits per heavy atom. The maximum atomic E-state index is 11.6. The Morgan fingerprint density at radius 1 is 1.12 bits per heavy atom. The third-order valence-electron chi connectivity index (χ3n) is 2.47. The van der Waals surface area contributed by atoms with Crippen LogP contribution < -0.4 is 5.73 Å². The van der Waals surface area contributed by atoms with Gasteiger partial charge in [0.2, 0.25) is 0 Å². The Morgan fingerprint density at radius 2 is 1.81 bits per heavy atom. The van der Waals surface area contributed by atoms with Gasteiger partial charge in [0, 0.05) is 16.4 Å². The molecular formula is C13H18INO. The van der Waals surface area contributed by atoms with E-state index >= 15 is 0 Å². The van der Waals surface area contributed by atoms with Gasteiger partial charge in [0.15, 0.2) is 0 Å². The van der Waals surface area contributed by atoms with Gasteiger partial charge in [-0.2, -0.15) is 0 Å². The Hall–Kier alpha value is -0.420. The molecule has 0 heterocycles. The second-order valence-electron chi connectivity index (χ2n) is 3.94. The number of ketones is 1. The summed E-state index contributed by atoms with van der Waals surface area (Å²) in [6, 6.07) is 8.13. The second-order valence-corrected chi connectivity index (χ2v) is 5.19. The third kappa shape index (κ3) is 5.61. The number of hydrogen-bond donors (Lipinski definition) is 1. The molecule has 0 aliphatic rings. The number of carbonyl (C=O) groups excluding carboxylic acids is 1. The van der Waals surface area contributed by atoms with Gasteiger partial charge in [-0.15, -0.1) is 0 Å². The van der Waals surface area contributed by atoms with Crippen molar-refractivity contribution in [1.29, 1.82) is 0 Å². The van der Waals surface area contributed by atoms with Crippen LogP contribution in [0.4, 0.5) is 0 Å². The molecule has 1 aromatic rings. The molecule has 0 radical (unpaired) electrons. The molecule has 0 spiro atoms. The van der Waals surface area contributed by atoms with Crippen molar-refractivity contribution in [1.82, 2.24) is 0 Å². The van der Waals surface area contributed by atoms with Gasteiger partial charge in [0.05, 0.1) is 0 Å². The fraction of sp³-hybridized carbons (Fsp3) is 0.462. The smallest absolute Gasteiger partial charge is 0.137 e. The second kappa shape index (κ2) is 7.79. The first-order valence-corrected chi connectivity index (χ1v) is 6.76. The zero-order valence-corrected chi connectivity index (χ0v) is 11.6. The first-order valence-electron chi connectivity index (χ1n) is 5.68. The highest BCUT2D eigenvalue weighted by Gasteiger charge is 2.03. The Bertz CT molecular complexity index is 321. The van der Waals surface area contributed by atoms with Crippen LogP contribution in [0.2, 0.25) is 0 Å². The molecule has 0 saturated heterocycles. The van der Waals surface area contributed by atoms with E-state index in [1.54, 1.807) is 0 Å². The molecule has 2 nitrogen and oxygen atoms in total. The summed E-state index contributed by atoms with van der Waals surface area (Å²) in [5.74, 6) is 0.332. The molecule has 88 valence electrons. The summed E-state index contributed by atoms with van der Waals surface area (Å²) in [6.45, 7) is 0.727. The summed E-state index contributed by atoms with van der Waals surface area (Å²) in [5, 5.41) is 0. The predicted molar refractivity (Wildman–Crippen MR) is 75.4 cm³/mol. The molecule has 0 aromatic heterocycles. The molecule has 0 unspecified atom stereocenters. The zero-order valence-electron chi connectivity index (χ0n) is 9.42. The first-order chi connectivity index (χ1) is 7.72.